The Morgan fingerprint density at radius 1 is 1.36 bits per heavy atom. The maximum Gasteiger partial charge on any atom is 0.267 e. The summed E-state index contributed by atoms with van der Waals surface area (Å²) in [7, 11) is 0. The highest BCUT2D eigenvalue weighted by atomic mass is 79.9. The third-order valence-corrected chi connectivity index (χ3v) is 3.60. The van der Waals surface area contributed by atoms with Crippen LogP contribution in [0.1, 0.15) is 23.0 Å². The number of halogens is 1. The van der Waals surface area contributed by atoms with E-state index >= 15 is 0 Å². The lowest BCUT2D eigenvalue weighted by Crippen LogP contribution is -2.34. The molecule has 1 aromatic carbocycles. The number of aromatic amines is 1. The smallest absolute Gasteiger partial charge is 0.267 e. The first kappa shape index (κ1) is 16.3. The first-order chi connectivity index (χ1) is 10.5. The van der Waals surface area contributed by atoms with Gasteiger partial charge in [-0.05, 0) is 53.5 Å². The van der Waals surface area contributed by atoms with Crippen LogP contribution in [0.3, 0.4) is 0 Å². The molecule has 0 radical (unpaired) electrons. The van der Waals surface area contributed by atoms with Gasteiger partial charge in [0.2, 0.25) is 5.56 Å². The van der Waals surface area contributed by atoms with E-state index in [1.165, 1.54) is 6.07 Å². The van der Waals surface area contributed by atoms with Gasteiger partial charge in [0, 0.05) is 6.07 Å². The Balaban J connectivity index is 1.93. The molecule has 1 heterocycles. The molecule has 2 N–H and O–H groups in total. The molecule has 0 saturated carbocycles. The van der Waals surface area contributed by atoms with E-state index in [4.69, 9.17) is 4.74 Å². The minimum atomic E-state index is -0.330. The summed E-state index contributed by atoms with van der Waals surface area (Å²) in [6.45, 7) is 3.96. The minimum Gasteiger partial charge on any atom is -0.488 e. The van der Waals surface area contributed by atoms with E-state index in [9.17, 15) is 9.59 Å². The topological polar surface area (TPSA) is 71.2 Å². The largest absolute Gasteiger partial charge is 0.488 e. The number of hydrogen-bond donors (Lipinski definition) is 2. The molecular formula is C16H17BrN2O3. The van der Waals surface area contributed by atoms with E-state index in [-0.39, 0.29) is 23.3 Å². The molecule has 0 bridgehead atoms. The third-order valence-electron chi connectivity index (χ3n) is 2.95. The molecule has 5 nitrogen and oxygen atoms in total. The number of carbonyl (C=O) groups is 1. The Labute approximate surface area is 136 Å². The predicted octanol–water partition coefficient (Wildman–Crippen LogP) is 2.64. The van der Waals surface area contributed by atoms with Crippen LogP contribution in [0, 0.1) is 6.92 Å². The molecule has 0 aliphatic rings. The average Bonchev–Trinajstić information content (AvgIpc) is 2.46. The van der Waals surface area contributed by atoms with Crippen LogP contribution < -0.4 is 15.6 Å². The molecule has 1 aromatic heterocycles. The van der Waals surface area contributed by atoms with Crippen molar-refractivity contribution in [3.8, 4) is 5.75 Å². The highest BCUT2D eigenvalue weighted by Crippen LogP contribution is 2.24. The Kier molecular flexibility index (Phi) is 5.38. The number of para-hydroxylation sites is 1. The quantitative estimate of drug-likeness (QED) is 0.856. The van der Waals surface area contributed by atoms with Crippen LogP contribution in [0.5, 0.6) is 5.75 Å². The van der Waals surface area contributed by atoms with Crippen LogP contribution in [-0.2, 0) is 0 Å². The number of hydrogen-bond acceptors (Lipinski definition) is 3. The van der Waals surface area contributed by atoms with Crippen molar-refractivity contribution < 1.29 is 9.53 Å². The minimum absolute atomic E-state index is 0.209. The highest BCUT2D eigenvalue weighted by Gasteiger charge is 2.11. The highest BCUT2D eigenvalue weighted by molar-refractivity contribution is 9.10. The van der Waals surface area contributed by atoms with Crippen molar-refractivity contribution in [1.82, 2.24) is 10.3 Å². The van der Waals surface area contributed by atoms with Crippen molar-refractivity contribution in [3.05, 3.63) is 62.5 Å². The van der Waals surface area contributed by atoms with Gasteiger partial charge in [-0.1, -0.05) is 12.1 Å². The van der Waals surface area contributed by atoms with Crippen molar-refractivity contribution in [2.75, 3.05) is 6.54 Å². The molecule has 0 spiro atoms. The third kappa shape index (κ3) is 4.46. The molecule has 0 fully saturated rings. The van der Waals surface area contributed by atoms with Gasteiger partial charge >= 0.3 is 0 Å². The van der Waals surface area contributed by atoms with Crippen molar-refractivity contribution in [1.29, 1.82) is 0 Å². The monoisotopic (exact) mass is 364 g/mol. The molecule has 116 valence electrons. The van der Waals surface area contributed by atoms with Gasteiger partial charge < -0.3 is 15.0 Å². The maximum atomic E-state index is 12.0. The summed E-state index contributed by atoms with van der Waals surface area (Å²) in [4.78, 5) is 25.9. The second-order valence-corrected chi connectivity index (χ2v) is 5.86. The number of benzene rings is 1. The molecule has 2 aromatic rings. The van der Waals surface area contributed by atoms with Gasteiger partial charge in [0.25, 0.3) is 5.91 Å². The summed E-state index contributed by atoms with van der Waals surface area (Å²) in [6, 6.07) is 10.6. The Morgan fingerprint density at radius 3 is 2.77 bits per heavy atom. The normalized spacial score (nSPS) is 11.8. The number of H-pyrrole nitrogens is 1. The van der Waals surface area contributed by atoms with Gasteiger partial charge in [0.1, 0.15) is 17.5 Å². The van der Waals surface area contributed by atoms with E-state index in [2.05, 4.69) is 26.2 Å². The molecule has 1 amide bonds. The van der Waals surface area contributed by atoms with Crippen LogP contribution in [-0.4, -0.2) is 23.5 Å². The number of pyridine rings is 1. The zero-order valence-corrected chi connectivity index (χ0v) is 13.9. The fourth-order valence-corrected chi connectivity index (χ4v) is 2.31. The molecule has 2 rings (SSSR count). The van der Waals surface area contributed by atoms with Gasteiger partial charge in [-0.3, -0.25) is 9.59 Å². The van der Waals surface area contributed by atoms with Crippen LogP contribution in [0.2, 0.25) is 0 Å². The van der Waals surface area contributed by atoms with Gasteiger partial charge in [-0.25, -0.2) is 0 Å². The summed E-state index contributed by atoms with van der Waals surface area (Å²) in [5, 5.41) is 2.74. The van der Waals surface area contributed by atoms with Gasteiger partial charge in [-0.15, -0.1) is 0 Å². The first-order valence-electron chi connectivity index (χ1n) is 6.86. The fourth-order valence-electron chi connectivity index (χ4n) is 1.93. The number of aryl methyl sites for hydroxylation is 1. The number of aromatic nitrogens is 1. The molecule has 22 heavy (non-hydrogen) atoms. The van der Waals surface area contributed by atoms with Gasteiger partial charge in [0.15, 0.2) is 0 Å². The average molecular weight is 365 g/mol. The molecule has 6 heteroatoms. The number of nitrogens with one attached hydrogen (secondary N) is 2. The van der Waals surface area contributed by atoms with E-state index in [0.29, 0.717) is 12.3 Å². The standard InChI is InChI=1S/C16H17BrN2O3/c1-10-7-13(19-15(20)8-10)16(21)18-9-11(2)22-14-6-4-3-5-12(14)17/h3-8,11H,9H2,1-2H3,(H,18,21)(H,19,20). The molecule has 0 aliphatic carbocycles. The fraction of sp³-hybridized carbons (Fsp3) is 0.250. The first-order valence-corrected chi connectivity index (χ1v) is 7.65. The molecule has 0 saturated heterocycles. The maximum absolute atomic E-state index is 12.0. The molecular weight excluding hydrogens is 348 g/mol. The van der Waals surface area contributed by atoms with Crippen molar-refractivity contribution >= 4 is 21.8 Å². The van der Waals surface area contributed by atoms with E-state index in [1.807, 2.05) is 31.2 Å². The number of amides is 1. The van der Waals surface area contributed by atoms with Gasteiger partial charge in [0.05, 0.1) is 11.0 Å². The Morgan fingerprint density at radius 2 is 2.09 bits per heavy atom. The Hall–Kier alpha value is -2.08. The summed E-state index contributed by atoms with van der Waals surface area (Å²) in [5.41, 5.74) is 0.701. The number of rotatable bonds is 5. The summed E-state index contributed by atoms with van der Waals surface area (Å²) in [5.74, 6) is 0.386. The lowest BCUT2D eigenvalue weighted by Gasteiger charge is -2.16. The lowest BCUT2D eigenvalue weighted by atomic mass is 10.2. The summed E-state index contributed by atoms with van der Waals surface area (Å²) < 4.78 is 6.60. The van der Waals surface area contributed by atoms with Crippen LogP contribution in [0.25, 0.3) is 0 Å². The zero-order chi connectivity index (χ0) is 16.1. The predicted molar refractivity (Wildman–Crippen MR) is 88.4 cm³/mol. The van der Waals surface area contributed by atoms with E-state index in [1.54, 1.807) is 13.0 Å². The van der Waals surface area contributed by atoms with E-state index < -0.39 is 0 Å². The van der Waals surface area contributed by atoms with Crippen LogP contribution in [0.15, 0.2) is 45.7 Å². The molecule has 1 unspecified atom stereocenters. The number of carbonyl (C=O) groups excluding carboxylic acids is 1. The van der Waals surface area contributed by atoms with Gasteiger partial charge in [-0.2, -0.15) is 0 Å². The molecule has 1 atom stereocenters. The van der Waals surface area contributed by atoms with Crippen LogP contribution in [0.4, 0.5) is 0 Å². The van der Waals surface area contributed by atoms with Crippen LogP contribution >= 0.6 is 15.9 Å². The van der Waals surface area contributed by atoms with Crippen molar-refractivity contribution in [2.45, 2.75) is 20.0 Å². The summed E-state index contributed by atoms with van der Waals surface area (Å²) in [6.07, 6.45) is -0.209. The Bertz CT molecular complexity index is 727. The van der Waals surface area contributed by atoms with Crippen molar-refractivity contribution in [3.63, 3.8) is 0 Å². The second kappa shape index (κ2) is 7.26. The lowest BCUT2D eigenvalue weighted by molar-refractivity contribution is 0.0926. The van der Waals surface area contributed by atoms with Crippen molar-refractivity contribution in [2.24, 2.45) is 0 Å². The molecule has 0 aliphatic heterocycles. The second-order valence-electron chi connectivity index (χ2n) is 5.00. The van der Waals surface area contributed by atoms with E-state index in [0.717, 1.165) is 10.0 Å². The summed E-state index contributed by atoms with van der Waals surface area (Å²) >= 11 is 3.41. The SMILES string of the molecule is Cc1cc(C(=O)NCC(C)Oc2ccccc2Br)[nH]c(=O)c1. The number of ether oxygens (including phenoxy) is 1. The zero-order valence-electron chi connectivity index (χ0n) is 12.4.